The maximum absolute atomic E-state index is 9.29. The van der Waals surface area contributed by atoms with Crippen molar-refractivity contribution < 1.29 is 10.2 Å². The van der Waals surface area contributed by atoms with Gasteiger partial charge >= 0.3 is 0 Å². The summed E-state index contributed by atoms with van der Waals surface area (Å²) < 4.78 is 0.869. The van der Waals surface area contributed by atoms with E-state index in [2.05, 4.69) is 31.2 Å². The molecule has 2 rings (SSSR count). The molecule has 1 aromatic carbocycles. The molecule has 0 fully saturated rings. The smallest absolute Gasteiger partial charge is 0.113 e. The van der Waals surface area contributed by atoms with Crippen LogP contribution in [0.5, 0.6) is 0 Å². The predicted molar refractivity (Wildman–Crippen MR) is 68.8 cm³/mol. The first-order chi connectivity index (χ1) is 8.22. The van der Waals surface area contributed by atoms with Crippen molar-refractivity contribution in [3.63, 3.8) is 0 Å². The lowest BCUT2D eigenvalue weighted by Crippen LogP contribution is -2.23. The van der Waals surface area contributed by atoms with Crippen LogP contribution in [0.15, 0.2) is 29.0 Å². The van der Waals surface area contributed by atoms with Crippen LogP contribution >= 0.6 is 15.9 Å². The number of halogens is 1. The first kappa shape index (κ1) is 12.2. The largest absolute Gasteiger partial charge is 0.394 e. The van der Waals surface area contributed by atoms with Gasteiger partial charge in [-0.25, -0.2) is 0 Å². The molecule has 0 amide bonds. The Balaban J connectivity index is 2.32. The molecule has 0 aliphatic heterocycles. The van der Waals surface area contributed by atoms with E-state index in [0.29, 0.717) is 0 Å². The first-order valence-corrected chi connectivity index (χ1v) is 5.93. The monoisotopic (exact) mass is 297 g/mol. The Morgan fingerprint density at radius 1 is 1.24 bits per heavy atom. The zero-order valence-corrected chi connectivity index (χ0v) is 10.6. The first-order valence-electron chi connectivity index (χ1n) is 5.14. The fourth-order valence-electron chi connectivity index (χ4n) is 1.46. The SMILES string of the molecule is OCC(O)CNc1ccc(Br)c2nccnc12. The number of nitrogens with one attached hydrogen (secondary N) is 1. The molecule has 0 bridgehead atoms. The van der Waals surface area contributed by atoms with Gasteiger partial charge in [0, 0.05) is 23.4 Å². The number of rotatable bonds is 4. The Labute approximate surface area is 107 Å². The maximum Gasteiger partial charge on any atom is 0.113 e. The van der Waals surface area contributed by atoms with Crippen molar-refractivity contribution >= 4 is 32.7 Å². The zero-order valence-electron chi connectivity index (χ0n) is 8.97. The Morgan fingerprint density at radius 3 is 2.65 bits per heavy atom. The maximum atomic E-state index is 9.29. The molecule has 3 N–H and O–H groups in total. The average Bonchev–Trinajstić information content (AvgIpc) is 2.38. The lowest BCUT2D eigenvalue weighted by atomic mass is 10.2. The third-order valence-corrected chi connectivity index (χ3v) is 2.95. The second kappa shape index (κ2) is 5.39. The number of anilines is 1. The summed E-state index contributed by atoms with van der Waals surface area (Å²) in [6.07, 6.45) is 2.45. The average molecular weight is 298 g/mol. The van der Waals surface area contributed by atoms with Crippen LogP contribution in [0, 0.1) is 0 Å². The summed E-state index contributed by atoms with van der Waals surface area (Å²) in [6, 6.07) is 3.72. The Kier molecular flexibility index (Phi) is 3.88. The van der Waals surface area contributed by atoms with Gasteiger partial charge in [-0.15, -0.1) is 0 Å². The van der Waals surface area contributed by atoms with Crippen molar-refractivity contribution in [1.29, 1.82) is 0 Å². The van der Waals surface area contributed by atoms with Gasteiger partial charge < -0.3 is 15.5 Å². The highest BCUT2D eigenvalue weighted by Crippen LogP contribution is 2.26. The van der Waals surface area contributed by atoms with Gasteiger partial charge in [-0.1, -0.05) is 0 Å². The van der Waals surface area contributed by atoms with E-state index in [0.717, 1.165) is 21.2 Å². The number of hydrogen-bond acceptors (Lipinski definition) is 5. The second-order valence-corrected chi connectivity index (χ2v) is 4.42. The summed E-state index contributed by atoms with van der Waals surface area (Å²) in [5.41, 5.74) is 2.27. The molecule has 0 aliphatic carbocycles. The number of hydrogen-bond donors (Lipinski definition) is 3. The minimum absolute atomic E-state index is 0.268. The molecule has 6 heteroatoms. The minimum atomic E-state index is -0.787. The summed E-state index contributed by atoms with van der Waals surface area (Å²) >= 11 is 3.41. The quantitative estimate of drug-likeness (QED) is 0.789. The molecule has 1 atom stereocenters. The third-order valence-electron chi connectivity index (χ3n) is 2.31. The van der Waals surface area contributed by atoms with E-state index in [1.807, 2.05) is 12.1 Å². The number of aromatic nitrogens is 2. The summed E-state index contributed by atoms with van der Waals surface area (Å²) in [6.45, 7) is -0.00303. The van der Waals surface area contributed by atoms with Gasteiger partial charge in [0.1, 0.15) is 11.0 Å². The fraction of sp³-hybridized carbons (Fsp3) is 0.273. The standard InChI is InChI=1S/C11H12BrN3O2/c12-8-1-2-9(15-5-7(17)6-16)11-10(8)13-3-4-14-11/h1-4,7,15-17H,5-6H2. The van der Waals surface area contributed by atoms with Crippen molar-refractivity contribution in [2.75, 3.05) is 18.5 Å². The number of aliphatic hydroxyl groups is 2. The molecular weight excluding hydrogens is 286 g/mol. The van der Waals surface area contributed by atoms with Crippen molar-refractivity contribution in [2.24, 2.45) is 0 Å². The van der Waals surface area contributed by atoms with Crippen molar-refractivity contribution in [3.8, 4) is 0 Å². The van der Waals surface area contributed by atoms with Crippen LogP contribution in [0.1, 0.15) is 0 Å². The topological polar surface area (TPSA) is 78.3 Å². The number of nitrogens with zero attached hydrogens (tertiary/aromatic N) is 2. The van der Waals surface area contributed by atoms with Crippen LogP contribution in [0.3, 0.4) is 0 Å². The molecule has 90 valence electrons. The molecule has 0 radical (unpaired) electrons. The van der Waals surface area contributed by atoms with E-state index in [1.165, 1.54) is 0 Å². The lowest BCUT2D eigenvalue weighted by molar-refractivity contribution is 0.105. The third kappa shape index (κ3) is 2.71. The predicted octanol–water partition coefficient (Wildman–Crippen LogP) is 1.16. The minimum Gasteiger partial charge on any atom is -0.394 e. The van der Waals surface area contributed by atoms with E-state index in [-0.39, 0.29) is 13.2 Å². The van der Waals surface area contributed by atoms with Gasteiger partial charge in [0.15, 0.2) is 0 Å². The van der Waals surface area contributed by atoms with Crippen molar-refractivity contribution in [1.82, 2.24) is 9.97 Å². The Bertz CT molecular complexity index is 521. The van der Waals surface area contributed by atoms with E-state index < -0.39 is 6.10 Å². The van der Waals surface area contributed by atoms with Gasteiger partial charge in [-0.3, -0.25) is 9.97 Å². The molecule has 0 saturated heterocycles. The molecule has 1 heterocycles. The molecule has 0 spiro atoms. The van der Waals surface area contributed by atoms with Crippen LogP contribution in [0.4, 0.5) is 5.69 Å². The van der Waals surface area contributed by atoms with Crippen LogP contribution < -0.4 is 5.32 Å². The molecular formula is C11H12BrN3O2. The highest BCUT2D eigenvalue weighted by Gasteiger charge is 2.08. The van der Waals surface area contributed by atoms with Gasteiger partial charge in [-0.05, 0) is 28.1 Å². The lowest BCUT2D eigenvalue weighted by Gasteiger charge is -2.12. The van der Waals surface area contributed by atoms with E-state index in [4.69, 9.17) is 5.11 Å². The van der Waals surface area contributed by atoms with Crippen molar-refractivity contribution in [2.45, 2.75) is 6.10 Å². The highest BCUT2D eigenvalue weighted by molar-refractivity contribution is 9.10. The number of benzene rings is 1. The van der Waals surface area contributed by atoms with Gasteiger partial charge in [0.25, 0.3) is 0 Å². The van der Waals surface area contributed by atoms with Crippen LogP contribution in [0.2, 0.25) is 0 Å². The fourth-order valence-corrected chi connectivity index (χ4v) is 1.88. The van der Waals surface area contributed by atoms with Gasteiger partial charge in [0.2, 0.25) is 0 Å². The second-order valence-electron chi connectivity index (χ2n) is 3.57. The van der Waals surface area contributed by atoms with Gasteiger partial charge in [-0.2, -0.15) is 0 Å². The summed E-state index contributed by atoms with van der Waals surface area (Å²) in [4.78, 5) is 8.47. The highest BCUT2D eigenvalue weighted by atomic mass is 79.9. The van der Waals surface area contributed by atoms with Crippen LogP contribution in [0.25, 0.3) is 11.0 Å². The molecule has 0 saturated carbocycles. The van der Waals surface area contributed by atoms with E-state index in [1.54, 1.807) is 12.4 Å². The van der Waals surface area contributed by atoms with E-state index in [9.17, 15) is 5.11 Å². The van der Waals surface area contributed by atoms with Gasteiger partial charge in [0.05, 0.1) is 18.4 Å². The summed E-state index contributed by atoms with van der Waals surface area (Å²) in [7, 11) is 0. The van der Waals surface area contributed by atoms with Crippen LogP contribution in [-0.2, 0) is 0 Å². The molecule has 2 aromatic rings. The van der Waals surface area contributed by atoms with Crippen LogP contribution in [-0.4, -0.2) is 39.4 Å². The van der Waals surface area contributed by atoms with Crippen molar-refractivity contribution in [3.05, 3.63) is 29.0 Å². The zero-order chi connectivity index (χ0) is 12.3. The normalized spacial score (nSPS) is 12.6. The Hall–Kier alpha value is -1.24. The van der Waals surface area contributed by atoms with E-state index >= 15 is 0 Å². The molecule has 1 unspecified atom stereocenters. The molecule has 5 nitrogen and oxygen atoms in total. The Morgan fingerprint density at radius 2 is 1.94 bits per heavy atom. The molecule has 0 aliphatic rings. The number of fused-ring (bicyclic) bond motifs is 1. The summed E-state index contributed by atoms with van der Waals surface area (Å²) in [5.74, 6) is 0. The number of aliphatic hydroxyl groups excluding tert-OH is 2. The summed E-state index contributed by atoms with van der Waals surface area (Å²) in [5, 5.41) is 21.1. The molecule has 17 heavy (non-hydrogen) atoms. The molecule has 1 aromatic heterocycles.